The van der Waals surface area contributed by atoms with E-state index in [2.05, 4.69) is 6.08 Å². The Morgan fingerprint density at radius 2 is 1.70 bits per heavy atom. The molecule has 1 aliphatic carbocycles. The van der Waals surface area contributed by atoms with Gasteiger partial charge in [-0.3, -0.25) is 9.59 Å². The average Bonchev–Trinajstić information content (AvgIpc) is 3.36. The van der Waals surface area contributed by atoms with Crippen LogP contribution >= 0.6 is 0 Å². The second kappa shape index (κ2) is 8.48. The number of hydrogen-bond donors (Lipinski definition) is 0. The number of hydrogen-bond acceptors (Lipinski definition) is 5. The van der Waals surface area contributed by atoms with Gasteiger partial charge >= 0.3 is 11.9 Å². The SMILES string of the molecule is CCOC(=O)C(CC=C1CCCCC1)(CC1CO1)C(=O)OCC. The molecule has 5 heteroatoms. The summed E-state index contributed by atoms with van der Waals surface area (Å²) in [5.74, 6) is -0.969. The van der Waals surface area contributed by atoms with E-state index in [9.17, 15) is 9.59 Å². The fraction of sp³-hybridized carbons (Fsp3) is 0.778. The van der Waals surface area contributed by atoms with Crippen molar-refractivity contribution in [2.45, 2.75) is 64.9 Å². The van der Waals surface area contributed by atoms with Crippen molar-refractivity contribution in [3.05, 3.63) is 11.6 Å². The van der Waals surface area contributed by atoms with Crippen LogP contribution in [-0.2, 0) is 23.8 Å². The fourth-order valence-electron chi connectivity index (χ4n) is 3.14. The largest absolute Gasteiger partial charge is 0.465 e. The van der Waals surface area contributed by atoms with Crippen molar-refractivity contribution in [3.8, 4) is 0 Å². The van der Waals surface area contributed by atoms with Crippen LogP contribution < -0.4 is 0 Å². The van der Waals surface area contributed by atoms with Gasteiger partial charge < -0.3 is 14.2 Å². The summed E-state index contributed by atoms with van der Waals surface area (Å²) in [5, 5.41) is 0. The molecular formula is C18H28O5. The summed E-state index contributed by atoms with van der Waals surface area (Å²) < 4.78 is 15.7. The first-order valence-corrected chi connectivity index (χ1v) is 8.76. The van der Waals surface area contributed by atoms with Gasteiger partial charge in [0.25, 0.3) is 0 Å². The lowest BCUT2D eigenvalue weighted by molar-refractivity contribution is -0.173. The Morgan fingerprint density at radius 1 is 1.13 bits per heavy atom. The van der Waals surface area contributed by atoms with E-state index in [1.165, 1.54) is 24.8 Å². The van der Waals surface area contributed by atoms with E-state index in [4.69, 9.17) is 14.2 Å². The van der Waals surface area contributed by atoms with E-state index < -0.39 is 17.4 Å². The van der Waals surface area contributed by atoms with E-state index in [1.807, 2.05) is 0 Å². The lowest BCUT2D eigenvalue weighted by Crippen LogP contribution is -2.43. The molecule has 1 heterocycles. The van der Waals surface area contributed by atoms with Gasteiger partial charge in [-0.05, 0) is 46.0 Å². The van der Waals surface area contributed by atoms with Gasteiger partial charge in [0.15, 0.2) is 5.41 Å². The van der Waals surface area contributed by atoms with Crippen LogP contribution in [0.1, 0.15) is 58.8 Å². The molecular weight excluding hydrogens is 296 g/mol. The molecule has 1 atom stereocenters. The summed E-state index contributed by atoms with van der Waals surface area (Å²) in [6.45, 7) is 4.60. The number of carbonyl (C=O) groups excluding carboxylic acids is 2. The zero-order valence-corrected chi connectivity index (χ0v) is 14.3. The van der Waals surface area contributed by atoms with Crippen LogP contribution in [0, 0.1) is 5.41 Å². The summed E-state index contributed by atoms with van der Waals surface area (Å²) in [6, 6.07) is 0. The molecule has 0 bridgehead atoms. The van der Waals surface area contributed by atoms with Gasteiger partial charge in [0.05, 0.1) is 25.9 Å². The van der Waals surface area contributed by atoms with Gasteiger partial charge in [-0.15, -0.1) is 0 Å². The van der Waals surface area contributed by atoms with Crippen LogP contribution in [-0.4, -0.2) is 37.9 Å². The fourth-order valence-corrected chi connectivity index (χ4v) is 3.14. The highest BCUT2D eigenvalue weighted by Crippen LogP contribution is 2.38. The minimum atomic E-state index is -1.27. The Kier molecular flexibility index (Phi) is 6.63. The zero-order chi connectivity index (χ0) is 16.7. The second-order valence-electron chi connectivity index (χ2n) is 6.31. The molecule has 0 aromatic heterocycles. The summed E-state index contributed by atoms with van der Waals surface area (Å²) >= 11 is 0. The van der Waals surface area contributed by atoms with Gasteiger partial charge in [0.2, 0.25) is 0 Å². The molecule has 0 aromatic carbocycles. The number of epoxide rings is 1. The van der Waals surface area contributed by atoms with E-state index in [-0.39, 0.29) is 19.3 Å². The van der Waals surface area contributed by atoms with Crippen LogP contribution in [0.4, 0.5) is 0 Å². The van der Waals surface area contributed by atoms with Crippen molar-refractivity contribution >= 4 is 11.9 Å². The first-order chi connectivity index (χ1) is 11.1. The molecule has 130 valence electrons. The first kappa shape index (κ1) is 18.0. The Bertz CT molecular complexity index is 424. The maximum atomic E-state index is 12.6. The molecule has 5 nitrogen and oxygen atoms in total. The number of ether oxygens (including phenoxy) is 3. The van der Waals surface area contributed by atoms with Gasteiger partial charge in [-0.25, -0.2) is 0 Å². The summed E-state index contributed by atoms with van der Waals surface area (Å²) in [6.07, 6.45) is 8.45. The second-order valence-corrected chi connectivity index (χ2v) is 6.31. The third-order valence-electron chi connectivity index (χ3n) is 4.55. The van der Waals surface area contributed by atoms with Crippen LogP contribution in [0.2, 0.25) is 0 Å². The van der Waals surface area contributed by atoms with Crippen molar-refractivity contribution in [3.63, 3.8) is 0 Å². The topological polar surface area (TPSA) is 65.1 Å². The third kappa shape index (κ3) is 4.80. The summed E-state index contributed by atoms with van der Waals surface area (Å²) in [4.78, 5) is 25.2. The van der Waals surface area contributed by atoms with Crippen LogP contribution in [0.25, 0.3) is 0 Å². The molecule has 0 aromatic rings. The van der Waals surface area contributed by atoms with Gasteiger partial charge in [-0.2, -0.15) is 0 Å². The monoisotopic (exact) mass is 324 g/mol. The van der Waals surface area contributed by atoms with Crippen LogP contribution in [0.15, 0.2) is 11.6 Å². The normalized spacial score (nSPS) is 20.8. The molecule has 0 amide bonds. The van der Waals surface area contributed by atoms with Crippen molar-refractivity contribution in [1.29, 1.82) is 0 Å². The molecule has 0 spiro atoms. The lowest BCUT2D eigenvalue weighted by Gasteiger charge is -2.28. The number of allylic oxidation sites excluding steroid dienone is 2. The standard InChI is InChI=1S/C18H28O5/c1-3-21-16(19)18(12-15-13-23-15,17(20)22-4-2)11-10-14-8-6-5-7-9-14/h10,15H,3-9,11-13H2,1-2H3. The molecule has 1 aliphatic heterocycles. The first-order valence-electron chi connectivity index (χ1n) is 8.76. The van der Waals surface area contributed by atoms with E-state index in [1.54, 1.807) is 13.8 Å². The molecule has 0 N–H and O–H groups in total. The molecule has 2 fully saturated rings. The third-order valence-corrected chi connectivity index (χ3v) is 4.55. The Hall–Kier alpha value is -1.36. The van der Waals surface area contributed by atoms with Crippen molar-refractivity contribution in [2.24, 2.45) is 5.41 Å². The lowest BCUT2D eigenvalue weighted by atomic mass is 9.78. The maximum absolute atomic E-state index is 12.6. The molecule has 1 saturated heterocycles. The molecule has 23 heavy (non-hydrogen) atoms. The van der Waals surface area contributed by atoms with Crippen LogP contribution in [0.3, 0.4) is 0 Å². The zero-order valence-electron chi connectivity index (χ0n) is 14.3. The van der Waals surface area contributed by atoms with E-state index >= 15 is 0 Å². The minimum Gasteiger partial charge on any atom is -0.465 e. The molecule has 2 rings (SSSR count). The van der Waals surface area contributed by atoms with Gasteiger partial charge in [-0.1, -0.05) is 18.1 Å². The quantitative estimate of drug-likeness (QED) is 0.297. The average molecular weight is 324 g/mol. The number of esters is 2. The predicted octanol–water partition coefficient (Wildman–Crippen LogP) is 3.17. The maximum Gasteiger partial charge on any atom is 0.323 e. The highest BCUT2D eigenvalue weighted by atomic mass is 16.6. The highest BCUT2D eigenvalue weighted by Gasteiger charge is 2.51. The van der Waals surface area contributed by atoms with Crippen molar-refractivity contribution < 1.29 is 23.8 Å². The Labute approximate surface area is 138 Å². The van der Waals surface area contributed by atoms with Crippen molar-refractivity contribution in [2.75, 3.05) is 19.8 Å². The molecule has 1 unspecified atom stereocenters. The molecule has 0 radical (unpaired) electrons. The number of rotatable bonds is 8. The van der Waals surface area contributed by atoms with Gasteiger partial charge in [0, 0.05) is 6.42 Å². The minimum absolute atomic E-state index is 0.0476. The summed E-state index contributed by atoms with van der Waals surface area (Å²) in [7, 11) is 0. The Balaban J connectivity index is 2.21. The van der Waals surface area contributed by atoms with E-state index in [0.717, 1.165) is 12.8 Å². The van der Waals surface area contributed by atoms with Crippen LogP contribution in [0.5, 0.6) is 0 Å². The Morgan fingerprint density at radius 3 is 2.17 bits per heavy atom. The highest BCUT2D eigenvalue weighted by molar-refractivity contribution is 6.00. The predicted molar refractivity (Wildman–Crippen MR) is 85.8 cm³/mol. The van der Waals surface area contributed by atoms with Gasteiger partial charge in [0.1, 0.15) is 0 Å². The molecule has 2 aliphatic rings. The van der Waals surface area contributed by atoms with E-state index in [0.29, 0.717) is 19.4 Å². The summed E-state index contributed by atoms with van der Waals surface area (Å²) in [5.41, 5.74) is 0.0726. The number of carbonyl (C=O) groups is 2. The van der Waals surface area contributed by atoms with Crippen molar-refractivity contribution in [1.82, 2.24) is 0 Å². The smallest absolute Gasteiger partial charge is 0.323 e. The molecule has 1 saturated carbocycles.